The van der Waals surface area contributed by atoms with Crippen LogP contribution in [0.1, 0.15) is 12.1 Å². The molecule has 0 bridgehead atoms. The Morgan fingerprint density at radius 1 is 1.40 bits per heavy atom. The van der Waals surface area contributed by atoms with Crippen LogP contribution in [-0.2, 0) is 9.05 Å². The maximum atomic E-state index is 12.9. The van der Waals surface area contributed by atoms with Gasteiger partial charge in [-0.25, -0.2) is 26.6 Å². The highest BCUT2D eigenvalue weighted by Gasteiger charge is 2.24. The summed E-state index contributed by atoms with van der Waals surface area (Å²) < 4.78 is 58.8. The van der Waals surface area contributed by atoms with Crippen LogP contribution in [0.2, 0.25) is 5.02 Å². The molecule has 0 aromatic carbocycles. The van der Waals surface area contributed by atoms with Crippen molar-refractivity contribution in [1.29, 1.82) is 0 Å². The average Bonchev–Trinajstić information content (AvgIpc) is 2.00. The van der Waals surface area contributed by atoms with E-state index >= 15 is 0 Å². The molecule has 1 aromatic rings. The highest BCUT2D eigenvalue weighted by molar-refractivity contribution is 8.13. The van der Waals surface area contributed by atoms with Crippen molar-refractivity contribution >= 4 is 31.3 Å². The van der Waals surface area contributed by atoms with Gasteiger partial charge in [0, 0.05) is 10.7 Å². The van der Waals surface area contributed by atoms with E-state index < -0.39 is 37.0 Å². The first kappa shape index (κ1) is 12.5. The van der Waals surface area contributed by atoms with Crippen molar-refractivity contribution in [3.05, 3.63) is 22.6 Å². The molecular formula is C6H2Cl2F3NO2S. The van der Waals surface area contributed by atoms with Gasteiger partial charge in [-0.05, 0) is 6.07 Å². The third-order valence-electron chi connectivity index (χ3n) is 1.36. The zero-order valence-electron chi connectivity index (χ0n) is 6.72. The first-order valence-corrected chi connectivity index (χ1v) is 6.01. The molecule has 0 N–H and O–H groups in total. The number of halogens is 5. The van der Waals surface area contributed by atoms with E-state index in [9.17, 15) is 21.6 Å². The van der Waals surface area contributed by atoms with Gasteiger partial charge in [0.2, 0.25) is 5.03 Å². The fourth-order valence-electron chi connectivity index (χ4n) is 0.787. The predicted molar refractivity (Wildman–Crippen MR) is 47.2 cm³/mol. The Morgan fingerprint density at radius 3 is 2.33 bits per heavy atom. The Labute approximate surface area is 92.2 Å². The standard InChI is InChI=1S/C6H2Cl2F3NO2S/c7-2-1-3(9)6(15(8,13)14)12-4(2)5(10)11/h1,5H. The Hall–Kier alpha value is -0.530. The monoisotopic (exact) mass is 279 g/mol. The van der Waals surface area contributed by atoms with E-state index in [2.05, 4.69) is 4.98 Å². The van der Waals surface area contributed by atoms with Gasteiger partial charge in [0.15, 0.2) is 5.82 Å². The van der Waals surface area contributed by atoms with Crippen LogP contribution in [0.4, 0.5) is 13.2 Å². The van der Waals surface area contributed by atoms with Crippen LogP contribution in [0.15, 0.2) is 11.1 Å². The van der Waals surface area contributed by atoms with Gasteiger partial charge in [-0.1, -0.05) is 11.6 Å². The molecule has 3 nitrogen and oxygen atoms in total. The van der Waals surface area contributed by atoms with Gasteiger partial charge < -0.3 is 0 Å². The van der Waals surface area contributed by atoms with Gasteiger partial charge in [-0.2, -0.15) is 0 Å². The van der Waals surface area contributed by atoms with E-state index in [-0.39, 0.29) is 0 Å². The molecule has 0 spiro atoms. The van der Waals surface area contributed by atoms with E-state index in [1.54, 1.807) is 0 Å². The second-order valence-electron chi connectivity index (χ2n) is 2.38. The van der Waals surface area contributed by atoms with Gasteiger partial charge in [-0.3, -0.25) is 0 Å². The molecule has 1 aromatic heterocycles. The largest absolute Gasteiger partial charge is 0.281 e. The SMILES string of the molecule is O=S(=O)(Cl)c1nc(C(F)F)c(Cl)cc1F. The fraction of sp³-hybridized carbons (Fsp3) is 0.167. The molecule has 15 heavy (non-hydrogen) atoms. The summed E-state index contributed by atoms with van der Waals surface area (Å²) in [6.07, 6.45) is -3.12. The number of nitrogens with zero attached hydrogens (tertiary/aromatic N) is 1. The van der Waals surface area contributed by atoms with Crippen molar-refractivity contribution in [2.45, 2.75) is 11.5 Å². The van der Waals surface area contributed by atoms with Crippen molar-refractivity contribution in [3.8, 4) is 0 Å². The lowest BCUT2D eigenvalue weighted by Gasteiger charge is -2.04. The predicted octanol–water partition coefficient (Wildman–Crippen LogP) is 2.74. The van der Waals surface area contributed by atoms with Gasteiger partial charge in [0.05, 0.1) is 5.02 Å². The lowest BCUT2D eigenvalue weighted by Crippen LogP contribution is -2.04. The van der Waals surface area contributed by atoms with E-state index in [4.69, 9.17) is 22.3 Å². The van der Waals surface area contributed by atoms with E-state index in [0.29, 0.717) is 6.07 Å². The molecule has 0 fully saturated rings. The summed E-state index contributed by atoms with van der Waals surface area (Å²) in [4.78, 5) is 2.87. The normalized spacial score (nSPS) is 12.1. The molecule has 0 radical (unpaired) electrons. The fourth-order valence-corrected chi connectivity index (χ4v) is 1.83. The molecule has 0 aliphatic rings. The maximum absolute atomic E-state index is 12.9. The van der Waals surface area contributed by atoms with Crippen LogP contribution in [-0.4, -0.2) is 13.4 Å². The van der Waals surface area contributed by atoms with Crippen LogP contribution in [0.25, 0.3) is 0 Å². The Morgan fingerprint density at radius 2 is 1.93 bits per heavy atom. The molecule has 0 atom stereocenters. The molecule has 84 valence electrons. The number of rotatable bonds is 2. The molecule has 0 saturated heterocycles. The summed E-state index contributed by atoms with van der Waals surface area (Å²) in [7, 11) is 0.262. The summed E-state index contributed by atoms with van der Waals surface area (Å²) in [5, 5.41) is -1.92. The number of hydrogen-bond acceptors (Lipinski definition) is 3. The summed E-state index contributed by atoms with van der Waals surface area (Å²) in [6.45, 7) is 0. The van der Waals surface area contributed by atoms with E-state index in [1.807, 2.05) is 0 Å². The minimum atomic E-state index is -4.51. The second kappa shape index (κ2) is 4.15. The number of pyridine rings is 1. The minimum Gasteiger partial charge on any atom is -0.230 e. The van der Waals surface area contributed by atoms with Crippen molar-refractivity contribution in [2.24, 2.45) is 0 Å². The van der Waals surface area contributed by atoms with Crippen molar-refractivity contribution in [3.63, 3.8) is 0 Å². The van der Waals surface area contributed by atoms with Crippen molar-refractivity contribution in [2.75, 3.05) is 0 Å². The lowest BCUT2D eigenvalue weighted by molar-refractivity contribution is 0.145. The van der Waals surface area contributed by atoms with Gasteiger partial charge >= 0.3 is 0 Å². The van der Waals surface area contributed by atoms with Gasteiger partial charge in [0.25, 0.3) is 15.5 Å². The maximum Gasteiger partial charge on any atom is 0.281 e. The summed E-state index contributed by atoms with van der Waals surface area (Å²) in [5.74, 6) is -1.38. The molecule has 1 heterocycles. The third kappa shape index (κ3) is 2.73. The van der Waals surface area contributed by atoms with Crippen LogP contribution in [0.5, 0.6) is 0 Å². The lowest BCUT2D eigenvalue weighted by atomic mass is 10.3. The Kier molecular flexibility index (Phi) is 3.47. The molecule has 1 rings (SSSR count). The van der Waals surface area contributed by atoms with E-state index in [0.717, 1.165) is 0 Å². The highest BCUT2D eigenvalue weighted by Crippen LogP contribution is 2.29. The molecule has 0 aliphatic carbocycles. The molecule has 0 amide bonds. The second-order valence-corrected chi connectivity index (χ2v) is 5.27. The summed E-state index contributed by atoms with van der Waals surface area (Å²) in [6, 6.07) is 0.422. The molecular weight excluding hydrogens is 278 g/mol. The molecule has 0 saturated carbocycles. The number of hydrogen-bond donors (Lipinski definition) is 0. The van der Waals surface area contributed by atoms with Crippen LogP contribution in [0, 0.1) is 5.82 Å². The van der Waals surface area contributed by atoms with Crippen LogP contribution >= 0.6 is 22.3 Å². The van der Waals surface area contributed by atoms with Gasteiger partial charge in [0.1, 0.15) is 5.69 Å². The highest BCUT2D eigenvalue weighted by atomic mass is 35.7. The zero-order chi connectivity index (χ0) is 11.8. The summed E-state index contributed by atoms with van der Waals surface area (Å²) >= 11 is 5.23. The van der Waals surface area contributed by atoms with Crippen LogP contribution in [0.3, 0.4) is 0 Å². The minimum absolute atomic E-state index is 0.422. The van der Waals surface area contributed by atoms with Crippen LogP contribution < -0.4 is 0 Å². The smallest absolute Gasteiger partial charge is 0.230 e. The topological polar surface area (TPSA) is 47.0 Å². The number of aromatic nitrogens is 1. The first-order chi connectivity index (χ1) is 6.73. The molecule has 0 aliphatic heterocycles. The quantitative estimate of drug-likeness (QED) is 0.782. The Balaban J connectivity index is 3.50. The first-order valence-electron chi connectivity index (χ1n) is 3.32. The zero-order valence-corrected chi connectivity index (χ0v) is 9.04. The van der Waals surface area contributed by atoms with E-state index in [1.165, 1.54) is 0 Å². The van der Waals surface area contributed by atoms with Gasteiger partial charge in [-0.15, -0.1) is 0 Å². The molecule has 9 heteroatoms. The summed E-state index contributed by atoms with van der Waals surface area (Å²) in [5.41, 5.74) is -1.03. The average molecular weight is 280 g/mol. The Bertz CT molecular complexity index is 491. The molecule has 0 unspecified atom stereocenters. The van der Waals surface area contributed by atoms with Crippen molar-refractivity contribution < 1.29 is 21.6 Å². The number of alkyl halides is 2. The van der Waals surface area contributed by atoms with Crippen molar-refractivity contribution in [1.82, 2.24) is 4.98 Å². The third-order valence-corrected chi connectivity index (χ3v) is 2.85.